The van der Waals surface area contributed by atoms with Gasteiger partial charge in [0.05, 0.1) is 5.75 Å². The van der Waals surface area contributed by atoms with Gasteiger partial charge in [-0.3, -0.25) is 4.79 Å². The van der Waals surface area contributed by atoms with E-state index in [1.807, 2.05) is 24.3 Å². The molecule has 0 heterocycles. The monoisotopic (exact) mass is 383 g/mol. The molecule has 0 aliphatic rings. The molecule has 6 heteroatoms. The van der Waals surface area contributed by atoms with Gasteiger partial charge in [0.25, 0.3) is 0 Å². The summed E-state index contributed by atoms with van der Waals surface area (Å²) < 4.78 is 13.4. The number of amides is 1. The Hall–Kier alpha value is -1.17. The van der Waals surface area contributed by atoms with Crippen LogP contribution < -0.4 is 5.32 Å². The minimum atomic E-state index is -0.221. The van der Waals surface area contributed by atoms with E-state index >= 15 is 0 Å². The smallest absolute Gasteiger partial charge is 0.230 e. The van der Waals surface area contributed by atoms with Gasteiger partial charge in [0.15, 0.2) is 0 Å². The second kappa shape index (κ2) is 10.6. The molecule has 0 aromatic heterocycles. The minimum Gasteiger partial charge on any atom is -0.355 e. The largest absolute Gasteiger partial charge is 0.355 e. The highest BCUT2D eigenvalue weighted by molar-refractivity contribution is 7.99. The van der Waals surface area contributed by atoms with Crippen LogP contribution in [0.1, 0.15) is 11.1 Å². The summed E-state index contributed by atoms with van der Waals surface area (Å²) in [7, 11) is 0. The van der Waals surface area contributed by atoms with E-state index in [9.17, 15) is 9.18 Å². The van der Waals surface area contributed by atoms with Gasteiger partial charge in [0.1, 0.15) is 5.82 Å². The first-order valence-corrected chi connectivity index (χ1v) is 10.2. The molecular formula is C18H19ClFNOS2. The van der Waals surface area contributed by atoms with E-state index in [0.29, 0.717) is 23.6 Å². The number of rotatable bonds is 9. The van der Waals surface area contributed by atoms with Crippen LogP contribution in [0.3, 0.4) is 0 Å². The zero-order valence-electron chi connectivity index (χ0n) is 13.1. The molecule has 0 bridgehead atoms. The van der Waals surface area contributed by atoms with Gasteiger partial charge in [-0.15, -0.1) is 11.8 Å². The molecule has 2 rings (SSSR count). The summed E-state index contributed by atoms with van der Waals surface area (Å²) in [4.78, 5) is 11.7. The van der Waals surface area contributed by atoms with Gasteiger partial charge in [-0.1, -0.05) is 48.0 Å². The zero-order valence-corrected chi connectivity index (χ0v) is 15.5. The first-order chi connectivity index (χ1) is 11.7. The zero-order chi connectivity index (χ0) is 17.2. The van der Waals surface area contributed by atoms with E-state index in [1.54, 1.807) is 30.0 Å². The summed E-state index contributed by atoms with van der Waals surface area (Å²) in [5.41, 5.74) is 1.74. The van der Waals surface area contributed by atoms with Crippen LogP contribution in [0.2, 0.25) is 5.02 Å². The van der Waals surface area contributed by atoms with E-state index in [-0.39, 0.29) is 11.7 Å². The third kappa shape index (κ3) is 6.75. The Morgan fingerprint density at radius 1 is 1.00 bits per heavy atom. The molecule has 0 aliphatic carbocycles. The highest BCUT2D eigenvalue weighted by Crippen LogP contribution is 2.20. The fourth-order valence-electron chi connectivity index (χ4n) is 1.98. The summed E-state index contributed by atoms with van der Waals surface area (Å²) in [6.45, 7) is 0.619. The maximum Gasteiger partial charge on any atom is 0.230 e. The number of halogens is 2. The molecule has 0 fully saturated rings. The average molecular weight is 384 g/mol. The maximum absolute atomic E-state index is 13.4. The number of thioether (sulfide) groups is 2. The van der Waals surface area contributed by atoms with Crippen molar-refractivity contribution in [1.82, 2.24) is 5.32 Å². The standard InChI is InChI=1S/C18H19ClFNOS2/c19-16-7-3-1-5-14(16)11-23-10-9-21-18(22)13-24-12-15-6-2-4-8-17(15)20/h1-8H,9-13H2,(H,21,22). The van der Waals surface area contributed by atoms with Crippen molar-refractivity contribution in [1.29, 1.82) is 0 Å². The van der Waals surface area contributed by atoms with Crippen molar-refractivity contribution < 1.29 is 9.18 Å². The number of benzene rings is 2. The predicted octanol–water partition coefficient (Wildman–Crippen LogP) is 4.76. The lowest BCUT2D eigenvalue weighted by Crippen LogP contribution is -2.27. The Bertz CT molecular complexity index is 669. The van der Waals surface area contributed by atoms with Gasteiger partial charge >= 0.3 is 0 Å². The molecule has 0 atom stereocenters. The maximum atomic E-state index is 13.4. The predicted molar refractivity (Wildman–Crippen MR) is 103 cm³/mol. The highest BCUT2D eigenvalue weighted by atomic mass is 35.5. The van der Waals surface area contributed by atoms with E-state index in [4.69, 9.17) is 11.6 Å². The molecule has 24 heavy (non-hydrogen) atoms. The molecule has 128 valence electrons. The van der Waals surface area contributed by atoms with Gasteiger partial charge in [0.2, 0.25) is 5.91 Å². The lowest BCUT2D eigenvalue weighted by molar-refractivity contribution is -0.118. The van der Waals surface area contributed by atoms with Crippen LogP contribution in [0.5, 0.6) is 0 Å². The molecule has 1 amide bonds. The molecule has 0 saturated carbocycles. The quantitative estimate of drug-likeness (QED) is 0.633. The molecule has 0 saturated heterocycles. The number of carbonyl (C=O) groups excluding carboxylic acids is 1. The molecule has 0 unspecified atom stereocenters. The fourth-order valence-corrected chi connectivity index (χ4v) is 3.97. The van der Waals surface area contributed by atoms with Gasteiger partial charge in [-0.2, -0.15) is 11.8 Å². The van der Waals surface area contributed by atoms with Crippen LogP contribution >= 0.6 is 35.1 Å². The van der Waals surface area contributed by atoms with Gasteiger partial charge in [-0.25, -0.2) is 4.39 Å². The second-order valence-corrected chi connectivity index (χ2v) is 7.58. The molecule has 0 spiro atoms. The van der Waals surface area contributed by atoms with Gasteiger partial charge in [0, 0.05) is 28.8 Å². The Balaban J connectivity index is 1.55. The number of nitrogens with one attached hydrogen (secondary N) is 1. The van der Waals surface area contributed by atoms with Crippen LogP contribution in [0.15, 0.2) is 48.5 Å². The van der Waals surface area contributed by atoms with Gasteiger partial charge in [-0.05, 0) is 23.3 Å². The average Bonchev–Trinajstić information content (AvgIpc) is 2.58. The minimum absolute atomic E-state index is 0.0188. The van der Waals surface area contributed by atoms with Crippen LogP contribution in [0, 0.1) is 5.82 Å². The van der Waals surface area contributed by atoms with Crippen molar-refractivity contribution in [2.75, 3.05) is 18.1 Å². The van der Waals surface area contributed by atoms with Crippen molar-refractivity contribution in [3.8, 4) is 0 Å². The van der Waals surface area contributed by atoms with E-state index in [1.165, 1.54) is 17.8 Å². The molecule has 2 nitrogen and oxygen atoms in total. The molecule has 0 aliphatic heterocycles. The number of carbonyl (C=O) groups is 1. The number of hydrogen-bond acceptors (Lipinski definition) is 3. The van der Waals surface area contributed by atoms with E-state index in [2.05, 4.69) is 5.32 Å². The van der Waals surface area contributed by atoms with Crippen molar-refractivity contribution in [3.05, 3.63) is 70.5 Å². The summed E-state index contributed by atoms with van der Waals surface area (Å²) >= 11 is 9.24. The Kier molecular flexibility index (Phi) is 8.50. The second-order valence-electron chi connectivity index (χ2n) is 5.08. The molecule has 1 N–H and O–H groups in total. The summed E-state index contributed by atoms with van der Waals surface area (Å²) in [5, 5.41) is 3.65. The van der Waals surface area contributed by atoms with Crippen LogP contribution in [0.25, 0.3) is 0 Å². The van der Waals surface area contributed by atoms with Crippen molar-refractivity contribution in [3.63, 3.8) is 0 Å². The molecule has 0 radical (unpaired) electrons. The van der Waals surface area contributed by atoms with Crippen molar-refractivity contribution >= 4 is 41.0 Å². The Morgan fingerprint density at radius 2 is 1.67 bits per heavy atom. The normalized spacial score (nSPS) is 10.6. The summed E-state index contributed by atoms with van der Waals surface area (Å²) in [5.74, 6) is 2.26. The molecule has 2 aromatic carbocycles. The third-order valence-electron chi connectivity index (χ3n) is 3.23. The SMILES string of the molecule is O=C(CSCc1ccccc1F)NCCSCc1ccccc1Cl. The summed E-state index contributed by atoms with van der Waals surface area (Å²) in [6.07, 6.45) is 0. The number of hydrogen-bond donors (Lipinski definition) is 1. The van der Waals surface area contributed by atoms with Crippen LogP contribution in [-0.4, -0.2) is 24.0 Å². The topological polar surface area (TPSA) is 29.1 Å². The van der Waals surface area contributed by atoms with Crippen LogP contribution in [0.4, 0.5) is 4.39 Å². The molecule has 2 aromatic rings. The lowest BCUT2D eigenvalue weighted by atomic mass is 10.2. The van der Waals surface area contributed by atoms with Crippen molar-refractivity contribution in [2.24, 2.45) is 0 Å². The Morgan fingerprint density at radius 3 is 2.42 bits per heavy atom. The van der Waals surface area contributed by atoms with Gasteiger partial charge < -0.3 is 5.32 Å². The fraction of sp³-hybridized carbons (Fsp3) is 0.278. The van der Waals surface area contributed by atoms with Crippen LogP contribution in [-0.2, 0) is 16.3 Å². The Labute approximate surface area is 155 Å². The van der Waals surface area contributed by atoms with Crippen molar-refractivity contribution in [2.45, 2.75) is 11.5 Å². The molecular weight excluding hydrogens is 365 g/mol. The van der Waals surface area contributed by atoms with E-state index in [0.717, 1.165) is 22.1 Å². The first-order valence-electron chi connectivity index (χ1n) is 7.56. The lowest BCUT2D eigenvalue weighted by Gasteiger charge is -2.07. The van der Waals surface area contributed by atoms with E-state index < -0.39 is 0 Å². The first kappa shape index (κ1) is 19.2. The highest BCUT2D eigenvalue weighted by Gasteiger charge is 2.05. The third-order valence-corrected chi connectivity index (χ3v) is 5.59. The summed E-state index contributed by atoms with van der Waals surface area (Å²) in [6, 6.07) is 14.4.